The van der Waals surface area contributed by atoms with Crippen LogP contribution in [0.2, 0.25) is 0 Å². The number of phenols is 2. The molecule has 5 rings (SSSR count). The fourth-order valence-electron chi connectivity index (χ4n) is 5.01. The molecule has 0 aliphatic carbocycles. The first-order valence-corrected chi connectivity index (χ1v) is 13.4. The van der Waals surface area contributed by atoms with Crippen LogP contribution in [0.15, 0.2) is 39.5 Å². The lowest BCUT2D eigenvalue weighted by atomic mass is 9.98. The molecule has 2 aliphatic rings. The molecule has 2 saturated heterocycles. The monoisotopic (exact) mass is 658 g/mol. The van der Waals surface area contributed by atoms with Crippen molar-refractivity contribution in [2.45, 2.75) is 60.8 Å². The maximum Gasteiger partial charge on any atom is 0.355 e. The summed E-state index contributed by atoms with van der Waals surface area (Å²) in [4.78, 5) is 13.3. The summed E-state index contributed by atoms with van der Waals surface area (Å²) < 4.78 is 26.0. The molecule has 19 heteroatoms. The third-order valence-electron chi connectivity index (χ3n) is 7.51. The van der Waals surface area contributed by atoms with Crippen LogP contribution >= 0.6 is 0 Å². The molecule has 2 fully saturated rings. The Bertz CT molecular complexity index is 1660. The molecule has 0 saturated carbocycles. The van der Waals surface area contributed by atoms with Gasteiger partial charge in [-0.15, -0.1) is 0 Å². The van der Waals surface area contributed by atoms with E-state index in [9.17, 15) is 71.2 Å². The lowest BCUT2D eigenvalue weighted by Crippen LogP contribution is -2.67. The molecule has 19 nitrogen and oxygen atoms in total. The van der Waals surface area contributed by atoms with E-state index in [1.54, 1.807) is 0 Å². The molecule has 0 amide bonds. The van der Waals surface area contributed by atoms with Crippen LogP contribution in [0.3, 0.4) is 0 Å². The fraction of sp³-hybridized carbons (Fsp3) is 0.444. The number of hydrogen-bond donors (Lipinski definition) is 13. The Labute approximate surface area is 255 Å². The van der Waals surface area contributed by atoms with Crippen molar-refractivity contribution in [3.05, 3.63) is 40.6 Å². The van der Waals surface area contributed by atoms with E-state index in [1.807, 2.05) is 0 Å². The average Bonchev–Trinajstić information content (AvgIpc) is 3.01. The zero-order valence-electron chi connectivity index (χ0n) is 23.2. The number of rotatable bonds is 7. The predicted octanol–water partition coefficient (Wildman–Crippen LogP) is -4.43. The summed E-state index contributed by atoms with van der Waals surface area (Å²) in [6.07, 6.45) is -15.7. The Balaban J connectivity index is 1.50. The van der Waals surface area contributed by atoms with E-state index < -0.39 is 125 Å². The van der Waals surface area contributed by atoms with Gasteiger partial charge >= 0.3 is 11.9 Å². The second kappa shape index (κ2) is 12.1. The Kier molecular flexibility index (Phi) is 8.80. The molecule has 2 aliphatic heterocycles. The Morgan fingerprint density at radius 3 is 1.74 bits per heavy atom. The van der Waals surface area contributed by atoms with Crippen LogP contribution < -0.4 is 14.9 Å². The summed E-state index contributed by atoms with van der Waals surface area (Å²) in [6.45, 7) is -1.84. The van der Waals surface area contributed by atoms with Gasteiger partial charge in [-0.2, -0.15) is 0 Å². The third kappa shape index (κ3) is 5.57. The van der Waals surface area contributed by atoms with Crippen LogP contribution in [0.1, 0.15) is 0 Å². The zero-order chi connectivity index (χ0) is 33.9. The third-order valence-corrected chi connectivity index (χ3v) is 7.51. The van der Waals surface area contributed by atoms with Crippen molar-refractivity contribution in [1.82, 2.24) is 0 Å². The normalized spacial score (nSPS) is 34.8. The molecule has 0 radical (unpaired) electrons. The van der Waals surface area contributed by atoms with Gasteiger partial charge in [-0.25, -0.2) is 0 Å². The zero-order valence-corrected chi connectivity index (χ0v) is 23.2. The van der Waals surface area contributed by atoms with Gasteiger partial charge in [0.15, 0.2) is 29.5 Å². The van der Waals surface area contributed by atoms with Crippen molar-refractivity contribution >= 4 is 11.0 Å². The van der Waals surface area contributed by atoms with Gasteiger partial charge in [0.2, 0.25) is 11.2 Å². The molecule has 1 aromatic heterocycles. The molecule has 0 bridgehead atoms. The number of ether oxygens (including phenoxy) is 4. The molecule has 2 aromatic carbocycles. The van der Waals surface area contributed by atoms with Crippen LogP contribution in [-0.4, -0.2) is 140 Å². The highest BCUT2D eigenvalue weighted by molar-refractivity contribution is 5.88. The van der Waals surface area contributed by atoms with Crippen molar-refractivity contribution in [1.29, 1.82) is 0 Å². The van der Waals surface area contributed by atoms with E-state index in [1.165, 1.54) is 0 Å². The van der Waals surface area contributed by atoms with Crippen LogP contribution in [0, 0.1) is 0 Å². The van der Waals surface area contributed by atoms with Crippen molar-refractivity contribution in [3.63, 3.8) is 0 Å². The highest BCUT2D eigenvalue weighted by Gasteiger charge is 2.56. The second-order valence-electron chi connectivity index (χ2n) is 10.6. The largest absolute Gasteiger partial charge is 0.508 e. The number of aliphatic hydroxyl groups is 10. The van der Waals surface area contributed by atoms with Crippen molar-refractivity contribution in [2.24, 2.45) is 0 Å². The van der Waals surface area contributed by atoms with E-state index in [2.05, 4.69) is 0 Å². The summed E-state index contributed by atoms with van der Waals surface area (Å²) in [6, 6.07) is 4.57. The maximum absolute atomic E-state index is 13.3. The first kappa shape index (κ1) is 33.5. The Morgan fingerprint density at radius 2 is 1.24 bits per heavy atom. The fourth-order valence-corrected chi connectivity index (χ4v) is 5.01. The number of hydrogen-bond acceptors (Lipinski definition) is 19. The topological polar surface area (TPSA) is 330 Å². The number of aliphatic hydroxyl groups excluding tert-OH is 8. The van der Waals surface area contributed by atoms with Crippen LogP contribution in [0.4, 0.5) is 0 Å². The summed E-state index contributed by atoms with van der Waals surface area (Å²) in [7, 11) is 0. The van der Waals surface area contributed by atoms with Crippen LogP contribution in [0.25, 0.3) is 22.3 Å². The summed E-state index contributed by atoms with van der Waals surface area (Å²) in [5.74, 6) is -10.8. The molecule has 0 spiro atoms. The average molecular weight is 659 g/mol. The van der Waals surface area contributed by atoms with Gasteiger partial charge in [0.1, 0.15) is 59.1 Å². The Morgan fingerprint density at radius 1 is 0.717 bits per heavy atom. The lowest BCUT2D eigenvalue weighted by molar-refractivity contribution is -0.422. The quantitative estimate of drug-likeness (QED) is 0.106. The second-order valence-corrected chi connectivity index (χ2v) is 10.6. The van der Waals surface area contributed by atoms with E-state index in [0.29, 0.717) is 0 Å². The molecule has 3 heterocycles. The minimum atomic E-state index is -3.19. The first-order valence-electron chi connectivity index (χ1n) is 13.4. The predicted molar refractivity (Wildman–Crippen MR) is 144 cm³/mol. The minimum Gasteiger partial charge on any atom is -0.508 e. The molecule has 2 unspecified atom stereocenters. The van der Waals surface area contributed by atoms with E-state index in [4.69, 9.17) is 23.4 Å². The van der Waals surface area contributed by atoms with Crippen molar-refractivity contribution in [3.8, 4) is 40.1 Å². The highest BCUT2D eigenvalue weighted by Crippen LogP contribution is 2.42. The Hall–Kier alpha value is -3.83. The summed E-state index contributed by atoms with van der Waals surface area (Å²) in [5, 5.41) is 132. The van der Waals surface area contributed by atoms with Gasteiger partial charge in [0.05, 0.1) is 13.2 Å². The lowest BCUT2D eigenvalue weighted by Gasteiger charge is -2.44. The van der Waals surface area contributed by atoms with Gasteiger partial charge in [-0.1, -0.05) is 0 Å². The van der Waals surface area contributed by atoms with Gasteiger partial charge < -0.3 is 89.7 Å². The van der Waals surface area contributed by atoms with Gasteiger partial charge in [0.25, 0.3) is 0 Å². The number of benzene rings is 2. The van der Waals surface area contributed by atoms with Crippen LogP contribution in [0.5, 0.6) is 28.7 Å². The van der Waals surface area contributed by atoms with E-state index >= 15 is 0 Å². The molecule has 10 atom stereocenters. The van der Waals surface area contributed by atoms with Crippen molar-refractivity contribution in [2.75, 3.05) is 13.2 Å². The number of phenolic OH excluding ortho intramolecular Hbond substituents is 2. The molecule has 252 valence electrons. The van der Waals surface area contributed by atoms with E-state index in [0.717, 1.165) is 30.3 Å². The summed E-state index contributed by atoms with van der Waals surface area (Å²) in [5.41, 5.74) is -1.94. The summed E-state index contributed by atoms with van der Waals surface area (Å²) >= 11 is 0. The molecule has 46 heavy (non-hydrogen) atoms. The number of fused-ring (bicyclic) bond motifs is 1. The SMILES string of the molecule is O=c1c(O)c(-c2ccc(OC3(O)O[C@H](CO)[C@@H](O)[C@H](O)[C@H]3O)c(O)c2)oc2cc(O)cc(OC3(O)O[C@@H](CO)[C@H](O)[C@@H](O)[C@@H]3O)c12. The highest BCUT2D eigenvalue weighted by atomic mass is 16.8. The smallest absolute Gasteiger partial charge is 0.355 e. The van der Waals surface area contributed by atoms with Gasteiger partial charge in [0, 0.05) is 17.7 Å². The molecular formula is C27H30O19. The minimum absolute atomic E-state index is 0.208. The van der Waals surface area contributed by atoms with E-state index in [-0.39, 0.29) is 5.56 Å². The first-order chi connectivity index (χ1) is 21.5. The maximum atomic E-state index is 13.3. The molecule has 3 aromatic rings. The molecular weight excluding hydrogens is 628 g/mol. The van der Waals surface area contributed by atoms with Gasteiger partial charge in [-0.3, -0.25) is 4.79 Å². The van der Waals surface area contributed by atoms with Crippen LogP contribution in [-0.2, 0) is 9.47 Å². The standard InChI is InChI=1S/C27H30O19/c28-6-14-17(32)21(36)24(38)26(40,45-14)43-11-2-1-8(3-10(11)31)23-20(35)19(34)16-12(42-23)4-9(30)5-13(16)44-27(41)25(39)22(37)18(33)15(7-29)46-27/h1-5,14-15,17-18,21-22,24-25,28-33,35-41H,6-7H2/t14-,15+,17-,18+,21+,22-,24-,25+,26?,27?/m1/s1. The van der Waals surface area contributed by atoms with Crippen molar-refractivity contribution < 1.29 is 89.7 Å². The number of aromatic hydroxyl groups is 3. The van der Waals surface area contributed by atoms with Gasteiger partial charge in [-0.05, 0) is 18.2 Å². The molecule has 13 N–H and O–H groups in total.